The molecule has 3 aromatic carbocycles. The van der Waals surface area contributed by atoms with Gasteiger partial charge in [0.15, 0.2) is 0 Å². The molecule has 150 valence electrons. The van der Waals surface area contributed by atoms with Crippen LogP contribution >= 0.6 is 31.9 Å². The van der Waals surface area contributed by atoms with Gasteiger partial charge in [0.05, 0.1) is 0 Å². The molecule has 4 nitrogen and oxygen atoms in total. The minimum Gasteiger partial charge on any atom is -0.488 e. The van der Waals surface area contributed by atoms with Crippen molar-refractivity contribution in [2.45, 2.75) is 13.5 Å². The Kier molecular flexibility index (Phi) is 7.45. The Morgan fingerprint density at radius 3 is 2.50 bits per heavy atom. The topological polar surface area (TPSA) is 62.1 Å². The first-order valence-electron chi connectivity index (χ1n) is 9.11. The van der Waals surface area contributed by atoms with Crippen LogP contribution in [-0.4, -0.2) is 5.91 Å². The minimum atomic E-state index is -0.470. The molecule has 0 fully saturated rings. The first-order valence-corrected chi connectivity index (χ1v) is 10.7. The summed E-state index contributed by atoms with van der Waals surface area (Å²) >= 11 is 6.85. The second-order valence-corrected chi connectivity index (χ2v) is 8.42. The number of amides is 1. The Balaban J connectivity index is 1.82. The SMILES string of the molecule is Cc1cccc(NC(=O)/C(C#N)=C/c2cc(Br)ccc2OCc2ccc(Br)cc2)c1. The summed E-state index contributed by atoms with van der Waals surface area (Å²) in [6.07, 6.45) is 1.53. The fourth-order valence-corrected chi connectivity index (χ4v) is 3.37. The van der Waals surface area contributed by atoms with Gasteiger partial charge in [0, 0.05) is 20.2 Å². The van der Waals surface area contributed by atoms with Crippen molar-refractivity contribution in [3.8, 4) is 11.8 Å². The molecule has 1 N–H and O–H groups in total. The molecule has 3 rings (SSSR count). The molecule has 30 heavy (non-hydrogen) atoms. The van der Waals surface area contributed by atoms with E-state index < -0.39 is 5.91 Å². The number of nitrogens with one attached hydrogen (secondary N) is 1. The zero-order valence-electron chi connectivity index (χ0n) is 16.2. The van der Waals surface area contributed by atoms with Crippen LogP contribution in [0.15, 0.2) is 81.2 Å². The van der Waals surface area contributed by atoms with E-state index in [4.69, 9.17) is 4.74 Å². The average Bonchev–Trinajstić information content (AvgIpc) is 2.72. The molecule has 0 aliphatic rings. The van der Waals surface area contributed by atoms with Crippen LogP contribution in [0.4, 0.5) is 5.69 Å². The Hall–Kier alpha value is -2.88. The number of carbonyl (C=O) groups is 1. The Bertz CT molecular complexity index is 1130. The number of hydrogen-bond acceptors (Lipinski definition) is 3. The van der Waals surface area contributed by atoms with E-state index in [2.05, 4.69) is 37.2 Å². The van der Waals surface area contributed by atoms with Gasteiger partial charge in [0.25, 0.3) is 5.91 Å². The molecule has 0 unspecified atom stereocenters. The molecular formula is C24H18Br2N2O2. The van der Waals surface area contributed by atoms with Crippen LogP contribution in [0.2, 0.25) is 0 Å². The summed E-state index contributed by atoms with van der Waals surface area (Å²) in [5, 5.41) is 12.3. The van der Waals surface area contributed by atoms with Crippen LogP contribution < -0.4 is 10.1 Å². The number of nitriles is 1. The van der Waals surface area contributed by atoms with E-state index in [0.29, 0.717) is 23.6 Å². The van der Waals surface area contributed by atoms with Gasteiger partial charge in [-0.2, -0.15) is 5.26 Å². The molecule has 0 aliphatic carbocycles. The highest BCUT2D eigenvalue weighted by molar-refractivity contribution is 9.10. The predicted octanol–water partition coefficient (Wildman–Crippen LogP) is 6.64. The lowest BCUT2D eigenvalue weighted by atomic mass is 10.1. The number of benzene rings is 3. The third-order valence-corrected chi connectivity index (χ3v) is 5.24. The highest BCUT2D eigenvalue weighted by Gasteiger charge is 2.12. The van der Waals surface area contributed by atoms with Crippen LogP contribution in [0, 0.1) is 18.3 Å². The maximum absolute atomic E-state index is 12.6. The van der Waals surface area contributed by atoms with Gasteiger partial charge >= 0.3 is 0 Å². The van der Waals surface area contributed by atoms with Gasteiger partial charge in [-0.05, 0) is 66.6 Å². The molecule has 0 atom stereocenters. The Morgan fingerprint density at radius 2 is 1.80 bits per heavy atom. The first kappa shape index (κ1) is 21.8. The standard InChI is InChI=1S/C24H18Br2N2O2/c1-16-3-2-4-22(11-16)28-24(29)19(14-27)12-18-13-21(26)9-10-23(18)30-15-17-5-7-20(25)8-6-17/h2-13H,15H2,1H3,(H,28,29)/b19-12+. The van der Waals surface area contributed by atoms with E-state index in [1.165, 1.54) is 6.08 Å². The summed E-state index contributed by atoms with van der Waals surface area (Å²) in [5.74, 6) is 0.110. The van der Waals surface area contributed by atoms with E-state index in [9.17, 15) is 10.1 Å². The van der Waals surface area contributed by atoms with E-state index in [0.717, 1.165) is 20.1 Å². The molecule has 0 spiro atoms. The molecule has 0 bridgehead atoms. The van der Waals surface area contributed by atoms with Crippen molar-refractivity contribution in [3.63, 3.8) is 0 Å². The highest BCUT2D eigenvalue weighted by atomic mass is 79.9. The summed E-state index contributed by atoms with van der Waals surface area (Å²) in [6, 6.07) is 22.7. The Morgan fingerprint density at radius 1 is 1.07 bits per heavy atom. The molecule has 0 aromatic heterocycles. The lowest BCUT2D eigenvalue weighted by Gasteiger charge is -2.11. The van der Waals surface area contributed by atoms with Crippen molar-refractivity contribution in [3.05, 3.63) is 97.9 Å². The normalized spacial score (nSPS) is 10.9. The van der Waals surface area contributed by atoms with E-state index in [-0.39, 0.29) is 5.57 Å². The molecule has 0 radical (unpaired) electrons. The third kappa shape index (κ3) is 6.06. The fourth-order valence-electron chi connectivity index (χ4n) is 2.73. The van der Waals surface area contributed by atoms with Crippen LogP contribution in [-0.2, 0) is 11.4 Å². The Labute approximate surface area is 192 Å². The summed E-state index contributed by atoms with van der Waals surface area (Å²) in [5.41, 5.74) is 3.29. The molecule has 0 saturated carbocycles. The van der Waals surface area contributed by atoms with E-state index in [1.54, 1.807) is 6.07 Å². The maximum Gasteiger partial charge on any atom is 0.266 e. The lowest BCUT2D eigenvalue weighted by Crippen LogP contribution is -2.13. The predicted molar refractivity (Wildman–Crippen MR) is 126 cm³/mol. The van der Waals surface area contributed by atoms with E-state index >= 15 is 0 Å². The van der Waals surface area contributed by atoms with Crippen molar-refractivity contribution in [2.24, 2.45) is 0 Å². The van der Waals surface area contributed by atoms with Crippen molar-refractivity contribution >= 4 is 49.5 Å². The van der Waals surface area contributed by atoms with Crippen molar-refractivity contribution in [1.82, 2.24) is 0 Å². The molecular weight excluding hydrogens is 508 g/mol. The lowest BCUT2D eigenvalue weighted by molar-refractivity contribution is -0.112. The third-order valence-electron chi connectivity index (χ3n) is 4.22. The number of nitrogens with zero attached hydrogens (tertiary/aromatic N) is 1. The number of hydrogen-bond donors (Lipinski definition) is 1. The second-order valence-electron chi connectivity index (χ2n) is 6.59. The monoisotopic (exact) mass is 524 g/mol. The quantitative estimate of drug-likeness (QED) is 0.289. The van der Waals surface area contributed by atoms with Crippen LogP contribution in [0.25, 0.3) is 6.08 Å². The van der Waals surface area contributed by atoms with Crippen molar-refractivity contribution in [1.29, 1.82) is 5.26 Å². The van der Waals surface area contributed by atoms with Crippen LogP contribution in [0.1, 0.15) is 16.7 Å². The molecule has 0 heterocycles. The highest BCUT2D eigenvalue weighted by Crippen LogP contribution is 2.27. The van der Waals surface area contributed by atoms with Gasteiger partial charge < -0.3 is 10.1 Å². The number of halogens is 2. The van der Waals surface area contributed by atoms with Gasteiger partial charge in [-0.1, -0.05) is 56.1 Å². The fraction of sp³-hybridized carbons (Fsp3) is 0.0833. The molecule has 0 aliphatic heterocycles. The molecule has 1 amide bonds. The van der Waals surface area contributed by atoms with Gasteiger partial charge in [-0.15, -0.1) is 0 Å². The maximum atomic E-state index is 12.6. The summed E-state index contributed by atoms with van der Waals surface area (Å²) in [7, 11) is 0. The zero-order valence-corrected chi connectivity index (χ0v) is 19.3. The summed E-state index contributed by atoms with van der Waals surface area (Å²) in [6.45, 7) is 2.31. The van der Waals surface area contributed by atoms with Gasteiger partial charge in [-0.25, -0.2) is 0 Å². The van der Waals surface area contributed by atoms with E-state index in [1.807, 2.05) is 73.7 Å². The smallest absolute Gasteiger partial charge is 0.266 e. The van der Waals surface area contributed by atoms with Gasteiger partial charge in [-0.3, -0.25) is 4.79 Å². The summed E-state index contributed by atoms with van der Waals surface area (Å²) in [4.78, 5) is 12.6. The van der Waals surface area contributed by atoms with Crippen molar-refractivity contribution < 1.29 is 9.53 Å². The largest absolute Gasteiger partial charge is 0.488 e. The van der Waals surface area contributed by atoms with Crippen LogP contribution in [0.5, 0.6) is 5.75 Å². The number of rotatable bonds is 6. The number of aryl methyl sites for hydroxylation is 1. The number of carbonyl (C=O) groups excluding carboxylic acids is 1. The second kappa shape index (κ2) is 10.2. The molecule has 6 heteroatoms. The first-order chi connectivity index (χ1) is 14.4. The minimum absolute atomic E-state index is 0.0110. The van der Waals surface area contributed by atoms with Gasteiger partial charge in [0.2, 0.25) is 0 Å². The summed E-state index contributed by atoms with van der Waals surface area (Å²) < 4.78 is 7.77. The van der Waals surface area contributed by atoms with Crippen LogP contribution in [0.3, 0.4) is 0 Å². The zero-order chi connectivity index (χ0) is 21.5. The average molecular weight is 526 g/mol. The molecule has 0 saturated heterocycles. The number of anilines is 1. The number of ether oxygens (including phenoxy) is 1. The molecule has 3 aromatic rings. The van der Waals surface area contributed by atoms with Gasteiger partial charge in [0.1, 0.15) is 24.0 Å². The van der Waals surface area contributed by atoms with Crippen molar-refractivity contribution in [2.75, 3.05) is 5.32 Å².